The number of fused-ring (bicyclic) bond motifs is 3. The molecule has 0 aliphatic heterocycles. The van der Waals surface area contributed by atoms with Gasteiger partial charge in [0.15, 0.2) is 5.82 Å². The molecule has 0 saturated heterocycles. The van der Waals surface area contributed by atoms with Crippen molar-refractivity contribution in [2.45, 2.75) is 44.6 Å². The second kappa shape index (κ2) is 7.44. The van der Waals surface area contributed by atoms with Crippen molar-refractivity contribution in [3.8, 4) is 0 Å². The number of hydrogen-bond donors (Lipinski definition) is 0. The van der Waals surface area contributed by atoms with Gasteiger partial charge in [0, 0.05) is 19.1 Å². The molecule has 1 atom stereocenters. The van der Waals surface area contributed by atoms with Crippen molar-refractivity contribution in [1.82, 2.24) is 24.1 Å². The Bertz CT molecular complexity index is 1370. The summed E-state index contributed by atoms with van der Waals surface area (Å²) in [6, 6.07) is 12.8. The van der Waals surface area contributed by atoms with Gasteiger partial charge in [-0.2, -0.15) is 13.2 Å². The zero-order valence-corrected chi connectivity index (χ0v) is 17.7. The highest BCUT2D eigenvalue weighted by Crippen LogP contribution is 2.37. The zero-order chi connectivity index (χ0) is 22.6. The second-order valence-electron chi connectivity index (χ2n) is 8.34. The zero-order valence-electron chi connectivity index (χ0n) is 17.7. The maximum Gasteiger partial charge on any atom is 0.416 e. The Morgan fingerprint density at radius 1 is 1.12 bits per heavy atom. The minimum absolute atomic E-state index is 0.150. The quantitative estimate of drug-likeness (QED) is 0.463. The van der Waals surface area contributed by atoms with Crippen LogP contribution in [-0.2, 0) is 19.8 Å². The first kappa shape index (κ1) is 20.7. The van der Waals surface area contributed by atoms with E-state index in [9.17, 15) is 18.0 Å². The van der Waals surface area contributed by atoms with Crippen molar-refractivity contribution in [3.63, 3.8) is 0 Å². The van der Waals surface area contributed by atoms with Crippen LogP contribution in [0.2, 0.25) is 0 Å². The molecular weight excluding hydrogens is 419 g/mol. The van der Waals surface area contributed by atoms with Gasteiger partial charge in [-0.05, 0) is 49.6 Å². The number of aromatic nitrogens is 4. The van der Waals surface area contributed by atoms with Gasteiger partial charge < -0.3 is 0 Å². The molecule has 6 nitrogen and oxygen atoms in total. The highest BCUT2D eigenvalue weighted by Gasteiger charge is 2.35. The fourth-order valence-corrected chi connectivity index (χ4v) is 4.31. The van der Waals surface area contributed by atoms with E-state index in [1.165, 1.54) is 16.7 Å². The summed E-state index contributed by atoms with van der Waals surface area (Å²) in [7, 11) is 1.66. The lowest BCUT2D eigenvalue weighted by Gasteiger charge is -2.29. The van der Waals surface area contributed by atoms with Crippen LogP contribution in [0.25, 0.3) is 16.7 Å². The smallest absolute Gasteiger partial charge is 0.286 e. The minimum atomic E-state index is -4.38. The Morgan fingerprint density at radius 3 is 2.59 bits per heavy atom. The molecule has 1 saturated carbocycles. The number of alkyl halides is 3. The highest BCUT2D eigenvalue weighted by molar-refractivity contribution is 5.80. The summed E-state index contributed by atoms with van der Waals surface area (Å²) in [6.07, 6.45) is -2.41. The molecule has 1 aliphatic carbocycles. The van der Waals surface area contributed by atoms with Crippen LogP contribution in [-0.4, -0.2) is 30.1 Å². The number of halogens is 3. The van der Waals surface area contributed by atoms with E-state index in [1.807, 2.05) is 29.5 Å². The van der Waals surface area contributed by atoms with Crippen molar-refractivity contribution in [2.75, 3.05) is 0 Å². The molecule has 32 heavy (non-hydrogen) atoms. The summed E-state index contributed by atoms with van der Waals surface area (Å²) in [5, 5.41) is 9.17. The predicted molar refractivity (Wildman–Crippen MR) is 114 cm³/mol. The van der Waals surface area contributed by atoms with E-state index in [0.717, 1.165) is 18.9 Å². The van der Waals surface area contributed by atoms with Crippen molar-refractivity contribution < 1.29 is 13.2 Å². The molecule has 2 aromatic heterocycles. The molecule has 2 aromatic carbocycles. The Morgan fingerprint density at radius 2 is 1.88 bits per heavy atom. The summed E-state index contributed by atoms with van der Waals surface area (Å²) in [5.74, 6) is 1.09. The molecule has 4 aromatic rings. The Balaban J connectivity index is 1.57. The third-order valence-electron chi connectivity index (χ3n) is 6.23. The molecule has 1 unspecified atom stereocenters. The van der Waals surface area contributed by atoms with Crippen molar-refractivity contribution >= 4 is 16.7 Å². The Hall–Kier alpha value is -3.20. The topological polar surface area (TPSA) is 55.4 Å². The van der Waals surface area contributed by atoms with Crippen LogP contribution >= 0.6 is 0 Å². The van der Waals surface area contributed by atoms with Crippen molar-refractivity contribution in [2.24, 2.45) is 7.05 Å². The number of rotatable bonds is 5. The van der Waals surface area contributed by atoms with Gasteiger partial charge in [0.25, 0.3) is 5.56 Å². The number of para-hydroxylation sites is 1. The lowest BCUT2D eigenvalue weighted by atomic mass is 10.0. The van der Waals surface area contributed by atoms with Crippen LogP contribution in [0.15, 0.2) is 53.3 Å². The van der Waals surface area contributed by atoms with Crippen LogP contribution in [0.1, 0.15) is 42.8 Å². The Kier molecular flexibility index (Phi) is 4.81. The minimum Gasteiger partial charge on any atom is -0.286 e. The number of benzene rings is 2. The van der Waals surface area contributed by atoms with Crippen molar-refractivity contribution in [3.05, 3.63) is 75.8 Å². The summed E-state index contributed by atoms with van der Waals surface area (Å²) in [5.41, 5.74) is 0.529. The van der Waals surface area contributed by atoms with Crippen LogP contribution in [0.5, 0.6) is 0 Å². The summed E-state index contributed by atoms with van der Waals surface area (Å²) in [4.78, 5) is 14.9. The Labute approximate surface area is 181 Å². The largest absolute Gasteiger partial charge is 0.416 e. The van der Waals surface area contributed by atoms with Gasteiger partial charge in [0.1, 0.15) is 0 Å². The number of hydrogen-bond acceptors (Lipinski definition) is 4. The van der Waals surface area contributed by atoms with Gasteiger partial charge in [-0.1, -0.05) is 24.3 Å². The average Bonchev–Trinajstić information content (AvgIpc) is 3.54. The van der Waals surface area contributed by atoms with Gasteiger partial charge in [-0.25, -0.2) is 0 Å². The molecule has 0 amide bonds. The van der Waals surface area contributed by atoms with E-state index >= 15 is 0 Å². The molecule has 1 fully saturated rings. The van der Waals surface area contributed by atoms with Gasteiger partial charge in [0.05, 0.1) is 23.0 Å². The first-order valence-electron chi connectivity index (χ1n) is 10.5. The fourth-order valence-electron chi connectivity index (χ4n) is 4.31. The number of nitrogens with zero attached hydrogens (tertiary/aromatic N) is 5. The van der Waals surface area contributed by atoms with E-state index in [-0.39, 0.29) is 17.6 Å². The lowest BCUT2D eigenvalue weighted by molar-refractivity contribution is -0.137. The van der Waals surface area contributed by atoms with Gasteiger partial charge in [0.2, 0.25) is 5.78 Å². The van der Waals surface area contributed by atoms with Crippen LogP contribution in [0.3, 0.4) is 0 Å². The van der Waals surface area contributed by atoms with E-state index in [2.05, 4.69) is 15.1 Å². The standard InChI is InChI=1S/C23H22F3N5O/c1-14(15-6-5-7-16(12-15)23(24,25)26)30(17-10-11-17)13-20-27-28-22-29(2)21(32)18-8-3-4-9-19(18)31(20)22/h3-9,12,14,17H,10-11,13H2,1-2H3. The maximum atomic E-state index is 13.2. The van der Waals surface area contributed by atoms with E-state index in [0.29, 0.717) is 34.6 Å². The summed E-state index contributed by atoms with van der Waals surface area (Å²) >= 11 is 0. The van der Waals surface area contributed by atoms with Gasteiger partial charge >= 0.3 is 6.18 Å². The normalized spacial score (nSPS) is 15.7. The molecule has 0 N–H and O–H groups in total. The molecular formula is C23H22F3N5O. The molecule has 0 radical (unpaired) electrons. The van der Waals surface area contributed by atoms with Crippen molar-refractivity contribution in [1.29, 1.82) is 0 Å². The third kappa shape index (κ3) is 3.46. The van der Waals surface area contributed by atoms with E-state index < -0.39 is 11.7 Å². The average molecular weight is 441 g/mol. The molecule has 166 valence electrons. The lowest BCUT2D eigenvalue weighted by Crippen LogP contribution is -2.30. The van der Waals surface area contributed by atoms with Gasteiger partial charge in [-0.15, -0.1) is 10.2 Å². The predicted octanol–water partition coefficient (Wildman–Crippen LogP) is 4.33. The van der Waals surface area contributed by atoms with Gasteiger partial charge in [-0.3, -0.25) is 18.7 Å². The molecule has 9 heteroatoms. The molecule has 0 bridgehead atoms. The molecule has 2 heterocycles. The third-order valence-corrected chi connectivity index (χ3v) is 6.23. The maximum absolute atomic E-state index is 13.2. The molecule has 1 aliphatic rings. The van der Waals surface area contributed by atoms with Crippen LogP contribution < -0.4 is 5.56 Å². The second-order valence-corrected chi connectivity index (χ2v) is 8.34. The molecule has 5 rings (SSSR count). The highest BCUT2D eigenvalue weighted by atomic mass is 19.4. The summed E-state index contributed by atoms with van der Waals surface area (Å²) < 4.78 is 43.1. The first-order chi connectivity index (χ1) is 15.3. The first-order valence-corrected chi connectivity index (χ1v) is 10.5. The SMILES string of the molecule is CC(c1cccc(C(F)(F)F)c1)N(Cc1nnc2n(C)c(=O)c3ccccc3n12)C1CC1. The van der Waals surface area contributed by atoms with E-state index in [1.54, 1.807) is 19.2 Å². The van der Waals surface area contributed by atoms with Crippen LogP contribution in [0, 0.1) is 0 Å². The summed E-state index contributed by atoms with van der Waals surface area (Å²) in [6.45, 7) is 2.33. The van der Waals surface area contributed by atoms with Crippen LogP contribution in [0.4, 0.5) is 13.2 Å². The van der Waals surface area contributed by atoms with E-state index in [4.69, 9.17) is 0 Å². The monoisotopic (exact) mass is 441 g/mol. The number of aryl methyl sites for hydroxylation is 1. The fraction of sp³-hybridized carbons (Fsp3) is 0.348. The molecule has 0 spiro atoms.